The van der Waals surface area contributed by atoms with Crippen molar-refractivity contribution in [2.75, 3.05) is 6.54 Å². The van der Waals surface area contributed by atoms with E-state index >= 15 is 0 Å². The third-order valence-electron chi connectivity index (χ3n) is 11.2. The number of hydrogen-bond acceptors (Lipinski definition) is 4. The Labute approximate surface area is 187 Å². The number of aliphatic hydroxyl groups is 1. The SMILES string of the molecule is CC1=C2C[C@H]3[C@@H](CC(=O)[C@H]4C[C@@H](O)CC[C@@]43C)[C@@H]2CCC12O[C@@H]1C[C@H](C)CN[C@H]1[C@H]2C. The van der Waals surface area contributed by atoms with E-state index in [1.807, 2.05) is 0 Å². The Kier molecular flexibility index (Phi) is 4.64. The number of rotatable bonds is 0. The number of allylic oxidation sites excluding steroid dienone is 1. The summed E-state index contributed by atoms with van der Waals surface area (Å²) in [5.74, 6) is 3.41. The summed E-state index contributed by atoms with van der Waals surface area (Å²) in [6.07, 6.45) is 8.02. The van der Waals surface area contributed by atoms with E-state index in [2.05, 4.69) is 33.0 Å². The van der Waals surface area contributed by atoms with Crippen LogP contribution in [0.25, 0.3) is 0 Å². The van der Waals surface area contributed by atoms with Gasteiger partial charge >= 0.3 is 0 Å². The number of piperidine rings is 1. The fourth-order valence-corrected chi connectivity index (χ4v) is 9.46. The van der Waals surface area contributed by atoms with Gasteiger partial charge in [0.05, 0.1) is 17.8 Å². The Morgan fingerprint density at radius 2 is 1.94 bits per heavy atom. The van der Waals surface area contributed by atoms with Gasteiger partial charge in [-0.15, -0.1) is 0 Å². The summed E-state index contributed by atoms with van der Waals surface area (Å²) in [5, 5.41) is 14.1. The first-order chi connectivity index (χ1) is 14.7. The Morgan fingerprint density at radius 3 is 2.74 bits per heavy atom. The lowest BCUT2D eigenvalue weighted by molar-refractivity contribution is -0.145. The number of Topliss-reactive ketones (excluding diaryl/α,β-unsaturated/α-hetero) is 1. The van der Waals surface area contributed by atoms with E-state index in [-0.39, 0.29) is 23.0 Å². The van der Waals surface area contributed by atoms with Crippen molar-refractivity contribution in [3.63, 3.8) is 0 Å². The summed E-state index contributed by atoms with van der Waals surface area (Å²) in [5.41, 5.74) is 3.15. The Morgan fingerprint density at radius 1 is 1.13 bits per heavy atom. The minimum atomic E-state index is -0.280. The van der Waals surface area contributed by atoms with Crippen LogP contribution in [0, 0.1) is 40.9 Å². The average molecular weight is 428 g/mol. The second-order valence-electron chi connectivity index (χ2n) is 12.5. The molecule has 31 heavy (non-hydrogen) atoms. The third-order valence-corrected chi connectivity index (χ3v) is 11.2. The van der Waals surface area contributed by atoms with Gasteiger partial charge in [0, 0.05) is 24.3 Å². The molecule has 4 aliphatic carbocycles. The zero-order valence-corrected chi connectivity index (χ0v) is 19.8. The quantitative estimate of drug-likeness (QED) is 0.567. The number of carbonyl (C=O) groups excluding carboxylic acids is 1. The van der Waals surface area contributed by atoms with Crippen LogP contribution in [0.2, 0.25) is 0 Å². The largest absolute Gasteiger partial charge is 0.393 e. The number of ether oxygens (including phenoxy) is 1. The molecule has 3 saturated carbocycles. The van der Waals surface area contributed by atoms with Gasteiger partial charge in [-0.25, -0.2) is 0 Å². The summed E-state index contributed by atoms with van der Waals surface area (Å²) in [6, 6.07) is 0.482. The molecule has 0 aromatic rings. The normalized spacial score (nSPS) is 56.3. The molecule has 4 heteroatoms. The van der Waals surface area contributed by atoms with E-state index in [0.717, 1.165) is 38.6 Å². The van der Waals surface area contributed by atoms with Crippen molar-refractivity contribution in [3.05, 3.63) is 11.1 Å². The zero-order valence-electron chi connectivity index (χ0n) is 19.8. The van der Waals surface area contributed by atoms with Gasteiger partial charge in [0.25, 0.3) is 0 Å². The molecule has 0 aromatic carbocycles. The predicted molar refractivity (Wildman–Crippen MR) is 120 cm³/mol. The van der Waals surface area contributed by atoms with Crippen LogP contribution >= 0.6 is 0 Å². The number of ketones is 1. The maximum atomic E-state index is 13.2. The van der Waals surface area contributed by atoms with Crippen molar-refractivity contribution in [2.24, 2.45) is 40.9 Å². The zero-order chi connectivity index (χ0) is 21.7. The fraction of sp³-hybridized carbons (Fsp3) is 0.889. The highest BCUT2D eigenvalue weighted by atomic mass is 16.5. The number of fused-ring (bicyclic) bond motifs is 6. The van der Waals surface area contributed by atoms with Gasteiger partial charge in [-0.3, -0.25) is 4.79 Å². The van der Waals surface area contributed by atoms with E-state index < -0.39 is 0 Å². The average Bonchev–Trinajstić information content (AvgIpc) is 3.23. The van der Waals surface area contributed by atoms with E-state index in [4.69, 9.17) is 4.74 Å². The molecule has 0 bridgehead atoms. The third kappa shape index (κ3) is 2.74. The monoisotopic (exact) mass is 427 g/mol. The molecule has 1 spiro atoms. The Hall–Kier alpha value is -0.710. The lowest BCUT2D eigenvalue weighted by atomic mass is 9.51. The molecule has 5 fully saturated rings. The number of carbonyl (C=O) groups is 1. The van der Waals surface area contributed by atoms with E-state index in [9.17, 15) is 9.90 Å². The topological polar surface area (TPSA) is 58.6 Å². The maximum Gasteiger partial charge on any atom is 0.136 e. The Bertz CT molecular complexity index is 821. The van der Waals surface area contributed by atoms with Gasteiger partial charge in [0.1, 0.15) is 5.78 Å². The molecular weight excluding hydrogens is 386 g/mol. The van der Waals surface area contributed by atoms with Gasteiger partial charge in [0.15, 0.2) is 0 Å². The number of nitrogens with one attached hydrogen (secondary N) is 1. The standard InChI is InChI=1S/C27H41NO3/c1-14-9-24-25(28-13-14)16(3)27(31-24)8-6-18-19(15(27)2)11-21-20(18)12-23(30)22-10-17(29)5-7-26(21,22)4/h14,16-18,20-22,24-25,28-29H,5-13H2,1-4H3/t14-,16+,17-,18+,20-,21-,22+,24+,25-,26+,27?/m0/s1. The molecule has 2 N–H and O–H groups in total. The first-order valence-corrected chi connectivity index (χ1v) is 13.1. The van der Waals surface area contributed by atoms with Crippen LogP contribution in [0.4, 0.5) is 0 Å². The second-order valence-corrected chi connectivity index (χ2v) is 12.5. The van der Waals surface area contributed by atoms with Gasteiger partial charge in [0.2, 0.25) is 0 Å². The molecule has 4 nitrogen and oxygen atoms in total. The van der Waals surface area contributed by atoms with Gasteiger partial charge < -0.3 is 15.2 Å². The van der Waals surface area contributed by atoms with Crippen LogP contribution in [-0.4, -0.2) is 41.3 Å². The van der Waals surface area contributed by atoms with Crippen LogP contribution in [-0.2, 0) is 9.53 Å². The van der Waals surface area contributed by atoms with Crippen molar-refractivity contribution >= 4 is 5.78 Å². The van der Waals surface area contributed by atoms with Gasteiger partial charge in [-0.2, -0.15) is 0 Å². The first kappa shape index (κ1) is 20.9. The van der Waals surface area contributed by atoms with Crippen LogP contribution in [0.5, 0.6) is 0 Å². The van der Waals surface area contributed by atoms with E-state index in [1.54, 1.807) is 5.57 Å². The van der Waals surface area contributed by atoms with Crippen molar-refractivity contribution in [1.29, 1.82) is 0 Å². The van der Waals surface area contributed by atoms with Crippen LogP contribution in [0.3, 0.4) is 0 Å². The summed E-state index contributed by atoms with van der Waals surface area (Å²) in [6.45, 7) is 10.6. The second kappa shape index (κ2) is 6.90. The molecule has 6 aliphatic rings. The maximum absolute atomic E-state index is 13.2. The number of aliphatic hydroxyl groups excluding tert-OH is 1. The molecule has 6 rings (SSSR count). The molecule has 2 aliphatic heterocycles. The van der Waals surface area contributed by atoms with Gasteiger partial charge in [-0.1, -0.05) is 26.3 Å². The first-order valence-electron chi connectivity index (χ1n) is 13.1. The fourth-order valence-electron chi connectivity index (χ4n) is 9.46. The van der Waals surface area contributed by atoms with E-state index in [1.165, 1.54) is 18.4 Å². The van der Waals surface area contributed by atoms with Crippen molar-refractivity contribution < 1.29 is 14.6 Å². The molecule has 0 aromatic heterocycles. The minimum Gasteiger partial charge on any atom is -0.393 e. The summed E-state index contributed by atoms with van der Waals surface area (Å²) >= 11 is 0. The highest BCUT2D eigenvalue weighted by Crippen LogP contribution is 2.65. The summed E-state index contributed by atoms with van der Waals surface area (Å²) in [4.78, 5) is 13.2. The predicted octanol–water partition coefficient (Wildman–Crippen LogP) is 4.26. The number of hydrogen-bond donors (Lipinski definition) is 2. The highest BCUT2D eigenvalue weighted by molar-refractivity contribution is 5.83. The summed E-state index contributed by atoms with van der Waals surface area (Å²) in [7, 11) is 0. The van der Waals surface area contributed by atoms with Crippen molar-refractivity contribution in [1.82, 2.24) is 5.32 Å². The lowest BCUT2D eigenvalue weighted by Crippen LogP contribution is -2.51. The molecule has 2 heterocycles. The molecule has 11 atom stereocenters. The van der Waals surface area contributed by atoms with Crippen molar-refractivity contribution in [2.45, 2.75) is 103 Å². The molecule has 0 amide bonds. The molecule has 2 saturated heterocycles. The van der Waals surface area contributed by atoms with Crippen LogP contribution in [0.1, 0.15) is 79.1 Å². The molecule has 1 unspecified atom stereocenters. The lowest BCUT2D eigenvalue weighted by Gasteiger charge is -2.52. The smallest absolute Gasteiger partial charge is 0.136 e. The van der Waals surface area contributed by atoms with Crippen LogP contribution < -0.4 is 5.32 Å². The van der Waals surface area contributed by atoms with Crippen molar-refractivity contribution in [3.8, 4) is 0 Å². The van der Waals surface area contributed by atoms with Crippen LogP contribution in [0.15, 0.2) is 11.1 Å². The molecular formula is C27H41NO3. The highest BCUT2D eigenvalue weighted by Gasteiger charge is 2.62. The van der Waals surface area contributed by atoms with Gasteiger partial charge in [-0.05, 0) is 93.1 Å². The van der Waals surface area contributed by atoms with E-state index in [0.29, 0.717) is 53.9 Å². The minimum absolute atomic E-state index is 0.0720. The molecule has 0 radical (unpaired) electrons. The molecule has 172 valence electrons. The Balaban J connectivity index is 1.35. The summed E-state index contributed by atoms with van der Waals surface area (Å²) < 4.78 is 7.00.